The Hall–Kier alpha value is -2.87. The van der Waals surface area contributed by atoms with Crippen molar-refractivity contribution in [3.05, 3.63) is 83.9 Å². The van der Waals surface area contributed by atoms with Crippen LogP contribution in [0, 0.1) is 5.92 Å². The van der Waals surface area contributed by atoms with Crippen LogP contribution in [0.15, 0.2) is 72.8 Å². The minimum absolute atomic E-state index is 0.254. The highest BCUT2D eigenvalue weighted by Gasteiger charge is 2.21. The van der Waals surface area contributed by atoms with Gasteiger partial charge in [0.15, 0.2) is 0 Å². The summed E-state index contributed by atoms with van der Waals surface area (Å²) >= 11 is 0. The van der Waals surface area contributed by atoms with Gasteiger partial charge in [0.05, 0.1) is 0 Å². The van der Waals surface area contributed by atoms with Crippen LogP contribution in [0.25, 0.3) is 22.3 Å². The van der Waals surface area contributed by atoms with Gasteiger partial charge in [-0.25, -0.2) is 0 Å². The molecule has 3 aromatic carbocycles. The first kappa shape index (κ1) is 24.3. The maximum atomic E-state index is 10.7. The first-order chi connectivity index (χ1) is 16.6. The molecular formula is C32H38O2. The Balaban J connectivity index is 1.44. The van der Waals surface area contributed by atoms with Gasteiger partial charge in [0.1, 0.15) is 0 Å². The summed E-state index contributed by atoms with van der Waals surface area (Å²) < 4.78 is 0. The maximum absolute atomic E-state index is 10.7. The zero-order valence-corrected chi connectivity index (χ0v) is 20.5. The van der Waals surface area contributed by atoms with E-state index in [1.54, 1.807) is 0 Å². The number of carboxylic acid groups (broad SMARTS) is 1. The fraction of sp³-hybridized carbons (Fsp3) is 0.406. The highest BCUT2D eigenvalue weighted by Crippen LogP contribution is 2.39. The highest BCUT2D eigenvalue weighted by atomic mass is 16.4. The Labute approximate surface area is 205 Å². The summed E-state index contributed by atoms with van der Waals surface area (Å²) in [5.74, 6) is 0.961. The van der Waals surface area contributed by atoms with Crippen LogP contribution in [0.4, 0.5) is 0 Å². The smallest absolute Gasteiger partial charge is 0.303 e. The molecule has 0 bridgehead atoms. The minimum atomic E-state index is -0.709. The zero-order valence-electron chi connectivity index (χ0n) is 20.5. The molecule has 1 aliphatic rings. The second-order valence-corrected chi connectivity index (χ2v) is 9.97. The Bertz CT molecular complexity index is 1040. The van der Waals surface area contributed by atoms with E-state index in [0.29, 0.717) is 0 Å². The molecule has 0 heterocycles. The molecule has 1 N–H and O–H groups in total. The Morgan fingerprint density at radius 2 is 1.38 bits per heavy atom. The number of unbranched alkanes of at least 4 members (excludes halogenated alkanes) is 1. The van der Waals surface area contributed by atoms with E-state index in [1.807, 2.05) is 0 Å². The third kappa shape index (κ3) is 6.38. The van der Waals surface area contributed by atoms with Gasteiger partial charge in [-0.2, -0.15) is 0 Å². The summed E-state index contributed by atoms with van der Waals surface area (Å²) in [6, 6.07) is 26.8. The highest BCUT2D eigenvalue weighted by molar-refractivity contribution is 5.83. The average molecular weight is 455 g/mol. The number of aryl methyl sites for hydroxylation is 1. The Kier molecular flexibility index (Phi) is 8.57. The van der Waals surface area contributed by atoms with Gasteiger partial charge in [-0.15, -0.1) is 0 Å². The first-order valence-corrected chi connectivity index (χ1v) is 13.1. The number of carbonyl (C=O) groups is 1. The minimum Gasteiger partial charge on any atom is -0.481 e. The van der Waals surface area contributed by atoms with Gasteiger partial charge in [-0.05, 0) is 90.2 Å². The molecule has 178 valence electrons. The predicted octanol–water partition coefficient (Wildman–Crippen LogP) is 8.89. The number of benzene rings is 3. The molecule has 1 saturated carbocycles. The predicted molar refractivity (Wildman–Crippen MR) is 142 cm³/mol. The van der Waals surface area contributed by atoms with E-state index >= 15 is 0 Å². The SMILES string of the molecule is CCCC1CCC(c2ccc(-c3ccccc3-c3ccc(CCCCC(=O)O)cc3)cc2)CC1. The second-order valence-electron chi connectivity index (χ2n) is 9.97. The van der Waals surface area contributed by atoms with Crippen molar-refractivity contribution in [2.75, 3.05) is 0 Å². The fourth-order valence-electron chi connectivity index (χ4n) is 5.57. The van der Waals surface area contributed by atoms with Gasteiger partial charge in [0.2, 0.25) is 0 Å². The largest absolute Gasteiger partial charge is 0.481 e. The van der Waals surface area contributed by atoms with E-state index in [-0.39, 0.29) is 6.42 Å². The van der Waals surface area contributed by atoms with Crippen LogP contribution < -0.4 is 0 Å². The molecule has 1 fully saturated rings. The van der Waals surface area contributed by atoms with Crippen molar-refractivity contribution in [3.8, 4) is 22.3 Å². The van der Waals surface area contributed by atoms with Crippen LogP contribution in [0.2, 0.25) is 0 Å². The lowest BCUT2D eigenvalue weighted by Gasteiger charge is -2.28. The van der Waals surface area contributed by atoms with Crippen molar-refractivity contribution < 1.29 is 9.90 Å². The quantitative estimate of drug-likeness (QED) is 0.311. The van der Waals surface area contributed by atoms with Crippen molar-refractivity contribution in [1.82, 2.24) is 0 Å². The van der Waals surface area contributed by atoms with Gasteiger partial charge in [0.25, 0.3) is 0 Å². The number of rotatable bonds is 10. The number of aliphatic carboxylic acids is 1. The van der Waals surface area contributed by atoms with Gasteiger partial charge in [-0.1, -0.05) is 92.6 Å². The molecule has 0 amide bonds. The summed E-state index contributed by atoms with van der Waals surface area (Å²) in [5.41, 5.74) is 7.80. The van der Waals surface area contributed by atoms with E-state index in [4.69, 9.17) is 5.11 Å². The molecule has 1 aliphatic carbocycles. The van der Waals surface area contributed by atoms with Crippen LogP contribution in [0.5, 0.6) is 0 Å². The molecule has 0 unspecified atom stereocenters. The van der Waals surface area contributed by atoms with E-state index in [9.17, 15) is 4.79 Å². The summed E-state index contributed by atoms with van der Waals surface area (Å²) in [7, 11) is 0. The maximum Gasteiger partial charge on any atom is 0.303 e. The van der Waals surface area contributed by atoms with Crippen LogP contribution in [-0.2, 0) is 11.2 Å². The molecule has 0 spiro atoms. The van der Waals surface area contributed by atoms with Gasteiger partial charge in [-0.3, -0.25) is 4.79 Å². The molecule has 3 aromatic rings. The lowest BCUT2D eigenvalue weighted by molar-refractivity contribution is -0.137. The van der Waals surface area contributed by atoms with Crippen molar-refractivity contribution in [3.63, 3.8) is 0 Å². The zero-order chi connectivity index (χ0) is 23.8. The molecule has 2 heteroatoms. The van der Waals surface area contributed by atoms with Crippen molar-refractivity contribution in [2.45, 2.75) is 77.0 Å². The van der Waals surface area contributed by atoms with Gasteiger partial charge in [0, 0.05) is 6.42 Å². The topological polar surface area (TPSA) is 37.3 Å². The lowest BCUT2D eigenvalue weighted by atomic mass is 9.77. The first-order valence-electron chi connectivity index (χ1n) is 13.1. The Morgan fingerprint density at radius 1 is 0.794 bits per heavy atom. The fourth-order valence-corrected chi connectivity index (χ4v) is 5.57. The van der Waals surface area contributed by atoms with Crippen molar-refractivity contribution in [1.29, 1.82) is 0 Å². The number of hydrogen-bond donors (Lipinski definition) is 1. The molecule has 0 saturated heterocycles. The average Bonchev–Trinajstić information content (AvgIpc) is 2.88. The van der Waals surface area contributed by atoms with Crippen LogP contribution in [0.3, 0.4) is 0 Å². The standard InChI is InChI=1S/C32H38O2/c1-2-7-24-12-16-26(17-13-24)27-20-22-29(23-21-27)31-10-5-4-9-30(31)28-18-14-25(15-19-28)8-3-6-11-32(33)34/h4-5,9-10,14-15,18-24,26H,2-3,6-8,11-13,16-17H2,1H3,(H,33,34). The molecular weight excluding hydrogens is 416 g/mol. The van der Waals surface area contributed by atoms with E-state index in [1.165, 1.54) is 71.9 Å². The van der Waals surface area contributed by atoms with Crippen LogP contribution >= 0.6 is 0 Å². The summed E-state index contributed by atoms with van der Waals surface area (Å²) in [6.07, 6.45) is 11.0. The summed E-state index contributed by atoms with van der Waals surface area (Å²) in [5, 5.41) is 8.80. The number of hydrogen-bond acceptors (Lipinski definition) is 1. The van der Waals surface area contributed by atoms with Gasteiger partial charge < -0.3 is 5.11 Å². The second kappa shape index (κ2) is 12.0. The molecule has 0 atom stereocenters. The number of carboxylic acids is 1. The molecule has 2 nitrogen and oxygen atoms in total. The Morgan fingerprint density at radius 3 is 1.94 bits per heavy atom. The molecule has 0 aromatic heterocycles. The van der Waals surface area contributed by atoms with Gasteiger partial charge >= 0.3 is 5.97 Å². The van der Waals surface area contributed by atoms with Crippen LogP contribution in [0.1, 0.15) is 81.8 Å². The van der Waals surface area contributed by atoms with Crippen molar-refractivity contribution >= 4 is 5.97 Å². The van der Waals surface area contributed by atoms with Crippen molar-refractivity contribution in [2.24, 2.45) is 5.92 Å². The van der Waals surface area contributed by atoms with Crippen LogP contribution in [-0.4, -0.2) is 11.1 Å². The monoisotopic (exact) mass is 454 g/mol. The molecule has 0 radical (unpaired) electrons. The van der Waals surface area contributed by atoms with E-state index in [2.05, 4.69) is 79.7 Å². The molecule has 34 heavy (non-hydrogen) atoms. The summed E-state index contributed by atoms with van der Waals surface area (Å²) in [6.45, 7) is 2.31. The third-order valence-electron chi connectivity index (χ3n) is 7.53. The summed E-state index contributed by atoms with van der Waals surface area (Å²) in [4.78, 5) is 10.7. The lowest BCUT2D eigenvalue weighted by Crippen LogP contribution is -2.13. The van der Waals surface area contributed by atoms with E-state index in [0.717, 1.165) is 31.1 Å². The molecule has 4 rings (SSSR count). The van der Waals surface area contributed by atoms with E-state index < -0.39 is 5.97 Å². The third-order valence-corrected chi connectivity index (χ3v) is 7.53. The molecule has 0 aliphatic heterocycles. The normalized spacial score (nSPS) is 18.0.